The van der Waals surface area contributed by atoms with Gasteiger partial charge in [-0.05, 0) is 5.70 Å². The average molecular weight is 214 g/mol. The summed E-state index contributed by atoms with van der Waals surface area (Å²) in [5.41, 5.74) is 3.01. The molecule has 1 aromatic rings. The summed E-state index contributed by atoms with van der Waals surface area (Å²) in [5, 5.41) is 0. The molecule has 0 spiro atoms. The zero-order valence-corrected chi connectivity index (χ0v) is 9.85. The second-order valence-corrected chi connectivity index (χ2v) is 6.16. The van der Waals surface area contributed by atoms with E-state index in [1.165, 1.54) is 5.69 Å². The van der Waals surface area contributed by atoms with Gasteiger partial charge >= 0.3 is 8.27 Å². The van der Waals surface area contributed by atoms with Crippen molar-refractivity contribution >= 4 is 25.0 Å². The summed E-state index contributed by atoms with van der Waals surface area (Å²) in [6, 6.07) is 4.10. The van der Waals surface area contributed by atoms with Gasteiger partial charge in [-0.15, -0.1) is 0 Å². The van der Waals surface area contributed by atoms with Gasteiger partial charge in [-0.1, -0.05) is 17.7 Å². The van der Waals surface area contributed by atoms with Crippen LogP contribution in [0.15, 0.2) is 36.8 Å². The standard InChI is InChI=1S/C9H14ClN2Si/c1-4-13(10)12-7-5-9(6-8-12)11(2)3/h4-8,13H,1H2,2-3H3/q+1. The van der Waals surface area contributed by atoms with Gasteiger partial charge in [-0.3, -0.25) is 4.23 Å². The first kappa shape index (κ1) is 10.3. The van der Waals surface area contributed by atoms with Crippen molar-refractivity contribution < 1.29 is 4.23 Å². The molecule has 13 heavy (non-hydrogen) atoms. The van der Waals surface area contributed by atoms with E-state index in [9.17, 15) is 0 Å². The second kappa shape index (κ2) is 4.44. The lowest BCUT2D eigenvalue weighted by Gasteiger charge is -2.10. The summed E-state index contributed by atoms with van der Waals surface area (Å²) in [4.78, 5) is 2.06. The van der Waals surface area contributed by atoms with Crippen LogP contribution in [0.3, 0.4) is 0 Å². The van der Waals surface area contributed by atoms with Gasteiger partial charge in [0.05, 0.1) is 0 Å². The van der Waals surface area contributed by atoms with Crippen LogP contribution in [0.2, 0.25) is 0 Å². The number of hydrogen-bond donors (Lipinski definition) is 0. The Morgan fingerprint density at radius 3 is 2.38 bits per heavy atom. The van der Waals surface area contributed by atoms with Crippen LogP contribution in [-0.2, 0) is 0 Å². The number of pyridine rings is 1. The molecule has 0 bridgehead atoms. The van der Waals surface area contributed by atoms with Crippen LogP contribution in [0, 0.1) is 0 Å². The molecule has 1 heterocycles. The molecule has 1 unspecified atom stereocenters. The van der Waals surface area contributed by atoms with Gasteiger partial charge in [-0.25, -0.2) is 0 Å². The number of hydrogen-bond acceptors (Lipinski definition) is 1. The monoisotopic (exact) mass is 213 g/mol. The first-order chi connectivity index (χ1) is 6.15. The molecule has 0 aliphatic carbocycles. The molecule has 0 fully saturated rings. The summed E-state index contributed by atoms with van der Waals surface area (Å²) in [6.07, 6.45) is 4.00. The van der Waals surface area contributed by atoms with Crippen LogP contribution in [0.5, 0.6) is 0 Å². The maximum Gasteiger partial charge on any atom is 0.473 e. The molecular formula is C9H14ClN2Si+. The van der Waals surface area contributed by atoms with E-state index in [0.29, 0.717) is 0 Å². The Hall–Kier alpha value is -0.803. The topological polar surface area (TPSA) is 7.12 Å². The predicted molar refractivity (Wildman–Crippen MR) is 59.6 cm³/mol. The van der Waals surface area contributed by atoms with E-state index in [-0.39, 0.29) is 0 Å². The van der Waals surface area contributed by atoms with Crippen molar-refractivity contribution in [2.75, 3.05) is 19.0 Å². The summed E-state index contributed by atoms with van der Waals surface area (Å²) in [7, 11) is 2.58. The van der Waals surface area contributed by atoms with Gasteiger partial charge in [0.15, 0.2) is 0 Å². The summed E-state index contributed by atoms with van der Waals surface area (Å²) < 4.78 is 2.03. The number of aromatic nitrogens is 1. The molecule has 0 aromatic carbocycles. The third kappa shape index (κ3) is 2.57. The van der Waals surface area contributed by atoms with Crippen LogP contribution < -0.4 is 9.13 Å². The SMILES string of the molecule is C=C[SiH](Cl)[n+]1ccc(N(C)C)cc1. The van der Waals surface area contributed by atoms with E-state index in [2.05, 4.69) is 11.5 Å². The maximum absolute atomic E-state index is 6.09. The molecular weight excluding hydrogens is 200 g/mol. The highest BCUT2D eigenvalue weighted by Gasteiger charge is 2.14. The molecule has 0 N–H and O–H groups in total. The zero-order valence-electron chi connectivity index (χ0n) is 7.94. The highest BCUT2D eigenvalue weighted by Crippen LogP contribution is 2.06. The highest BCUT2D eigenvalue weighted by atomic mass is 35.6. The smallest absolute Gasteiger partial charge is 0.377 e. The number of rotatable bonds is 3. The predicted octanol–water partition coefficient (Wildman–Crippen LogP) is 1.07. The minimum absolute atomic E-state index is 1.18. The van der Waals surface area contributed by atoms with Crippen LogP contribution in [0.1, 0.15) is 0 Å². The molecule has 0 saturated heterocycles. The van der Waals surface area contributed by atoms with Crippen LogP contribution in [-0.4, -0.2) is 22.4 Å². The van der Waals surface area contributed by atoms with E-state index < -0.39 is 8.27 Å². The fourth-order valence-corrected chi connectivity index (χ4v) is 2.15. The van der Waals surface area contributed by atoms with Crippen LogP contribution >= 0.6 is 11.1 Å². The number of anilines is 1. The largest absolute Gasteiger partial charge is 0.473 e. The molecule has 0 saturated carbocycles. The molecule has 0 amide bonds. The lowest BCUT2D eigenvalue weighted by Crippen LogP contribution is -2.45. The number of halogens is 1. The molecule has 0 radical (unpaired) electrons. The Bertz CT molecular complexity index is 284. The van der Waals surface area contributed by atoms with Crippen molar-refractivity contribution in [2.24, 2.45) is 0 Å². The summed E-state index contributed by atoms with van der Waals surface area (Å²) in [6.45, 7) is 3.69. The van der Waals surface area contributed by atoms with Gasteiger partial charge < -0.3 is 4.90 Å². The molecule has 70 valence electrons. The Labute approximate surface area is 85.5 Å². The highest BCUT2D eigenvalue weighted by molar-refractivity contribution is 7.04. The minimum atomic E-state index is -1.46. The lowest BCUT2D eigenvalue weighted by molar-refractivity contribution is -0.531. The van der Waals surface area contributed by atoms with Crippen molar-refractivity contribution in [3.05, 3.63) is 36.8 Å². The van der Waals surface area contributed by atoms with E-state index in [1.54, 1.807) is 0 Å². The normalized spacial score (nSPS) is 12.2. The Morgan fingerprint density at radius 2 is 2.00 bits per heavy atom. The second-order valence-electron chi connectivity index (χ2n) is 3.01. The Morgan fingerprint density at radius 1 is 1.46 bits per heavy atom. The van der Waals surface area contributed by atoms with E-state index >= 15 is 0 Å². The Kier molecular flexibility index (Phi) is 3.51. The third-order valence-corrected chi connectivity index (χ3v) is 4.34. The van der Waals surface area contributed by atoms with Gasteiger partial charge in [0.2, 0.25) is 0 Å². The fraction of sp³-hybridized carbons (Fsp3) is 0.222. The molecule has 2 nitrogen and oxygen atoms in total. The molecule has 1 rings (SSSR count). The van der Waals surface area contributed by atoms with Crippen molar-refractivity contribution in [1.82, 2.24) is 0 Å². The van der Waals surface area contributed by atoms with Crippen LogP contribution in [0.25, 0.3) is 0 Å². The van der Waals surface area contributed by atoms with E-state index in [4.69, 9.17) is 11.1 Å². The fourth-order valence-electron chi connectivity index (χ4n) is 1.01. The van der Waals surface area contributed by atoms with Gasteiger partial charge in [0.1, 0.15) is 12.4 Å². The average Bonchev–Trinajstić information content (AvgIpc) is 2.17. The van der Waals surface area contributed by atoms with Gasteiger partial charge in [0.25, 0.3) is 0 Å². The Balaban J connectivity index is 2.87. The lowest BCUT2D eigenvalue weighted by atomic mass is 10.4. The van der Waals surface area contributed by atoms with Crippen LogP contribution in [0.4, 0.5) is 5.69 Å². The van der Waals surface area contributed by atoms with E-state index in [0.717, 1.165) is 0 Å². The minimum Gasteiger partial charge on any atom is -0.377 e. The maximum atomic E-state index is 6.09. The quantitative estimate of drug-likeness (QED) is 0.539. The molecule has 1 aromatic heterocycles. The molecule has 4 heteroatoms. The first-order valence-corrected chi connectivity index (χ1v) is 7.03. The summed E-state index contributed by atoms with van der Waals surface area (Å²) >= 11 is 6.09. The van der Waals surface area contributed by atoms with Crippen molar-refractivity contribution in [3.8, 4) is 0 Å². The summed E-state index contributed by atoms with van der Waals surface area (Å²) in [5.74, 6) is 0. The number of nitrogens with zero attached hydrogens (tertiary/aromatic N) is 2. The van der Waals surface area contributed by atoms with Crippen molar-refractivity contribution in [3.63, 3.8) is 0 Å². The van der Waals surface area contributed by atoms with Crippen molar-refractivity contribution in [1.29, 1.82) is 0 Å². The van der Waals surface area contributed by atoms with Gasteiger partial charge in [0, 0.05) is 31.9 Å². The van der Waals surface area contributed by atoms with E-state index in [1.807, 2.05) is 48.6 Å². The van der Waals surface area contributed by atoms with Crippen molar-refractivity contribution in [2.45, 2.75) is 0 Å². The third-order valence-electron chi connectivity index (χ3n) is 1.83. The first-order valence-electron chi connectivity index (χ1n) is 4.10. The molecule has 0 aliphatic rings. The van der Waals surface area contributed by atoms with Gasteiger partial charge in [-0.2, -0.15) is 0 Å². The molecule has 0 aliphatic heterocycles. The molecule has 1 atom stereocenters. The zero-order chi connectivity index (χ0) is 9.84.